The van der Waals surface area contributed by atoms with Gasteiger partial charge in [0.05, 0.1) is 0 Å². The van der Waals surface area contributed by atoms with Gasteiger partial charge in [-0.1, -0.05) is 0 Å². The molecule has 0 aromatic heterocycles. The first-order valence-electron chi connectivity index (χ1n) is 7.44. The number of rotatable bonds is 2. The summed E-state index contributed by atoms with van der Waals surface area (Å²) in [5, 5.41) is 0. The van der Waals surface area contributed by atoms with Crippen molar-refractivity contribution in [3.05, 3.63) is 0 Å². The van der Waals surface area contributed by atoms with Gasteiger partial charge >= 0.3 is 95.1 Å². The fraction of sp³-hybridized carbons (Fsp3) is 0.867. The van der Waals surface area contributed by atoms with Crippen LogP contribution in [0, 0.1) is 0 Å². The summed E-state index contributed by atoms with van der Waals surface area (Å²) >= 11 is 0. The summed E-state index contributed by atoms with van der Waals surface area (Å²) in [5.74, 6) is 1.13. The van der Waals surface area contributed by atoms with Crippen LogP contribution in [0.3, 0.4) is 0 Å². The van der Waals surface area contributed by atoms with Crippen molar-refractivity contribution in [1.29, 1.82) is 0 Å². The van der Waals surface area contributed by atoms with Crippen molar-refractivity contribution in [2.75, 3.05) is 0 Å². The van der Waals surface area contributed by atoms with E-state index in [4.69, 9.17) is 0 Å². The maximum atomic E-state index is 12.7. The second-order valence-electron chi connectivity index (χ2n) is 11.3. The first kappa shape index (κ1) is 7.04. The van der Waals surface area contributed by atoms with E-state index in [-0.39, 0.29) is 8.63 Å². The first-order chi connectivity index (χ1) is 8.21. The molecular weight excluding hydrogens is 268 g/mol. The Morgan fingerprint density at radius 2 is 1.50 bits per heavy atom. The van der Waals surface area contributed by atoms with E-state index in [1.807, 2.05) is 13.8 Å². The molecular formula is C15H16FeO2. The zero-order chi connectivity index (χ0) is 12.0. The molecule has 10 aliphatic rings. The monoisotopic (exact) mass is 284 g/mol. The van der Waals surface area contributed by atoms with E-state index in [2.05, 4.69) is 6.92 Å². The van der Waals surface area contributed by atoms with Gasteiger partial charge in [0.15, 0.2) is 0 Å². The Hall–Kier alpha value is -0.141. The Bertz CT molecular complexity index is 1170. The molecule has 10 fully saturated rings. The van der Waals surface area contributed by atoms with Crippen molar-refractivity contribution in [2.45, 2.75) is 67.4 Å². The molecule has 18 heavy (non-hydrogen) atoms. The zero-order valence-electron chi connectivity index (χ0n) is 10.7. The molecule has 0 radical (unpaired) electrons. The molecule has 0 aromatic rings. The Balaban J connectivity index is 1.78. The number of carbonyl (C=O) groups is 2. The van der Waals surface area contributed by atoms with Crippen LogP contribution in [-0.4, -0.2) is 11.6 Å². The molecule has 0 bridgehead atoms. The van der Waals surface area contributed by atoms with E-state index < -0.39 is 6.51 Å². The van der Waals surface area contributed by atoms with Crippen LogP contribution in [0.4, 0.5) is 0 Å². The molecule has 9 atom stereocenters. The molecule has 10 saturated heterocycles. The molecule has 0 aliphatic carbocycles. The summed E-state index contributed by atoms with van der Waals surface area (Å²) in [6.45, 7) is 2.57. The Morgan fingerprint density at radius 3 is 1.67 bits per heavy atom. The van der Waals surface area contributed by atoms with Gasteiger partial charge in [0.2, 0.25) is 0 Å². The van der Waals surface area contributed by atoms with E-state index in [1.54, 1.807) is 0 Å². The Labute approximate surface area is 95.2 Å². The minimum atomic E-state index is -3.76. The number of carbonyl (C=O) groups excluding carboxylic acids is 2. The molecule has 9 unspecified atom stereocenters. The standard InChI is InChI=1S/C8H9O.C7H7O.Fe/c1-6-4-3-5-8(6)7(2)9;1-6(8)7-4-2-3-5-7;/h3-5H,1-2H3;2-5H,1H3;. The maximum absolute atomic E-state index is 12.7. The summed E-state index contributed by atoms with van der Waals surface area (Å²) in [5.41, 5.74) is 0. The van der Waals surface area contributed by atoms with Gasteiger partial charge in [-0.05, 0) is 0 Å². The molecule has 0 N–H and O–H groups in total. The van der Waals surface area contributed by atoms with Crippen LogP contribution in [-0.2, 0) is 16.1 Å². The van der Waals surface area contributed by atoms with Crippen LogP contribution in [0.15, 0.2) is 0 Å². The van der Waals surface area contributed by atoms with E-state index >= 15 is 0 Å². The summed E-state index contributed by atoms with van der Waals surface area (Å²) < 4.78 is 0.941. The average molecular weight is 284 g/mol. The molecule has 0 amide bonds. The Kier molecular flexibility index (Phi) is 0.205. The number of ketones is 2. The van der Waals surface area contributed by atoms with Crippen LogP contribution in [0.1, 0.15) is 20.8 Å². The molecule has 1 spiro atoms. The molecule has 0 aromatic carbocycles. The first-order valence-corrected chi connectivity index (χ1v) is 13.6. The average Bonchev–Trinajstić information content (AvgIpc) is 3.21. The fourth-order valence-electron chi connectivity index (χ4n) is 20.0. The van der Waals surface area contributed by atoms with Gasteiger partial charge in [-0.2, -0.15) is 0 Å². The molecule has 2 nitrogen and oxygen atoms in total. The van der Waals surface area contributed by atoms with E-state index in [0.717, 1.165) is 33.7 Å². The summed E-state index contributed by atoms with van der Waals surface area (Å²) in [7, 11) is 0. The van der Waals surface area contributed by atoms with Crippen molar-refractivity contribution < 1.29 is 16.1 Å². The number of hydrogen-bond acceptors (Lipinski definition) is 2. The normalized spacial score (nSPS) is 121. The van der Waals surface area contributed by atoms with Gasteiger partial charge in [-0.25, -0.2) is 0 Å². The van der Waals surface area contributed by atoms with Gasteiger partial charge in [0.25, 0.3) is 0 Å². The fourth-order valence-corrected chi connectivity index (χ4v) is 99.8. The summed E-state index contributed by atoms with van der Waals surface area (Å²) in [4.78, 5) is 32.1. The van der Waals surface area contributed by atoms with E-state index in [1.165, 1.54) is 0 Å². The van der Waals surface area contributed by atoms with Gasteiger partial charge in [0.1, 0.15) is 0 Å². The third kappa shape index (κ3) is 0.0552. The topological polar surface area (TPSA) is 34.1 Å². The minimum absolute atomic E-state index is 0.215. The van der Waals surface area contributed by atoms with Crippen LogP contribution in [0.25, 0.3) is 0 Å². The summed E-state index contributed by atoms with van der Waals surface area (Å²) in [6.07, 6.45) is 0. The number of hydrogen-bond donors (Lipinski definition) is 0. The molecule has 10 heterocycles. The second-order valence-corrected chi connectivity index (χ2v) is 34.5. The predicted octanol–water partition coefficient (Wildman–Crippen LogP) is 3.68. The van der Waals surface area contributed by atoms with E-state index in [9.17, 15) is 9.59 Å². The van der Waals surface area contributed by atoms with Gasteiger partial charge < -0.3 is 0 Å². The second kappa shape index (κ2) is 0.525. The number of fused-ring (bicyclic) bond motifs is 10. The third-order valence-corrected chi connectivity index (χ3v) is 61.5. The molecule has 3 heteroatoms. The van der Waals surface area contributed by atoms with Crippen molar-refractivity contribution >= 4 is 11.6 Å². The molecule has 10 rings (SSSR count). The van der Waals surface area contributed by atoms with E-state index in [0.29, 0.717) is 15.9 Å². The van der Waals surface area contributed by atoms with Crippen molar-refractivity contribution in [2.24, 2.45) is 0 Å². The molecule has 0 saturated carbocycles. The van der Waals surface area contributed by atoms with Crippen molar-refractivity contribution in [1.82, 2.24) is 0 Å². The Morgan fingerprint density at radius 1 is 0.889 bits per heavy atom. The van der Waals surface area contributed by atoms with Gasteiger partial charge in [-0.15, -0.1) is 0 Å². The van der Waals surface area contributed by atoms with Crippen LogP contribution in [0.2, 0.25) is 46.7 Å². The SMILES string of the molecule is CC(=O)[C]12[CH]3[CH]4[CH]5[CH]1[Fe]45321678[CH]2[CH]1[C]6(C)[C]7(C(C)=O)[CH]28. The predicted molar refractivity (Wildman–Crippen MR) is 61.4 cm³/mol. The molecule has 10 aliphatic heterocycles. The summed E-state index contributed by atoms with van der Waals surface area (Å²) in [6, 6.07) is 0. The zero-order valence-corrected chi connectivity index (χ0v) is 11.8. The van der Waals surface area contributed by atoms with Crippen LogP contribution >= 0.6 is 0 Å². The molecule has 96 valence electrons. The van der Waals surface area contributed by atoms with Gasteiger partial charge in [-0.3, -0.25) is 0 Å². The van der Waals surface area contributed by atoms with Crippen LogP contribution in [0.5, 0.6) is 0 Å². The van der Waals surface area contributed by atoms with Crippen molar-refractivity contribution in [3.63, 3.8) is 0 Å². The van der Waals surface area contributed by atoms with Crippen molar-refractivity contribution in [3.8, 4) is 0 Å². The number of Topliss-reactive ketones (excluding diaryl/α,β-unsaturated/α-hetero) is 2. The quantitative estimate of drug-likeness (QED) is 0.725. The third-order valence-electron chi connectivity index (χ3n) is 16.8. The van der Waals surface area contributed by atoms with Gasteiger partial charge in [0, 0.05) is 0 Å². The van der Waals surface area contributed by atoms with Crippen LogP contribution < -0.4 is 0 Å².